The number of Topliss-reactive ketones (excluding diaryl/α,β-unsaturated/α-hetero) is 1. The maximum Gasteiger partial charge on any atom is 0.379 e. The van der Waals surface area contributed by atoms with Gasteiger partial charge in [0.25, 0.3) is 0 Å². The summed E-state index contributed by atoms with van der Waals surface area (Å²) < 4.78 is 4.14. The van der Waals surface area contributed by atoms with Gasteiger partial charge in [-0.2, -0.15) is 0 Å². The fourth-order valence-electron chi connectivity index (χ4n) is 3.05. The Morgan fingerprint density at radius 3 is 1.64 bits per heavy atom. The highest BCUT2D eigenvalue weighted by molar-refractivity contribution is 6.27. The van der Waals surface area contributed by atoms with Crippen molar-refractivity contribution in [2.24, 2.45) is 5.92 Å². The lowest BCUT2D eigenvalue weighted by atomic mass is 10.0. The predicted octanol–water partition coefficient (Wildman–Crippen LogP) is 5.50. The second-order valence-electron chi connectivity index (χ2n) is 7.90. The number of hydrogen-bond acceptors (Lipinski definition) is 5. The number of rotatable bonds is 18. The molecule has 0 unspecified atom stereocenters. The number of carbonyl (C=O) groups is 4. The average molecular weight is 395 g/mol. The van der Waals surface area contributed by atoms with Crippen LogP contribution in [-0.4, -0.2) is 24.0 Å². The van der Waals surface area contributed by atoms with E-state index in [0.717, 1.165) is 18.8 Å². The van der Waals surface area contributed by atoms with Crippen LogP contribution < -0.4 is 0 Å². The molecule has 0 saturated heterocycles. The van der Waals surface area contributed by atoms with E-state index < -0.39 is 17.7 Å². The third kappa shape index (κ3) is 15.3. The number of unbranched alkanes of at least 4 members (excludes halogenated alkanes) is 11. The molecule has 0 N–H and O–H groups in total. The summed E-state index contributed by atoms with van der Waals surface area (Å²) in [6.07, 6.45) is 15.9. The molecular weight excluding hydrogens is 356 g/mol. The van der Waals surface area contributed by atoms with Gasteiger partial charge in [0.05, 0.1) is 5.57 Å². The van der Waals surface area contributed by atoms with Crippen LogP contribution in [0.4, 0.5) is 0 Å². The zero-order valence-electron chi connectivity index (χ0n) is 17.8. The predicted molar refractivity (Wildman–Crippen MR) is 111 cm³/mol. The molecule has 0 aromatic heterocycles. The Bertz CT molecular complexity index is 493. The van der Waals surface area contributed by atoms with Crippen molar-refractivity contribution in [1.82, 2.24) is 0 Å². The van der Waals surface area contributed by atoms with E-state index in [1.54, 1.807) is 0 Å². The fraction of sp³-hybridized carbons (Fsp3) is 0.739. The molecule has 0 atom stereocenters. The summed E-state index contributed by atoms with van der Waals surface area (Å²) in [6, 6.07) is 0. The number of hydrogen-bond donors (Lipinski definition) is 0. The van der Waals surface area contributed by atoms with Crippen molar-refractivity contribution in [2.45, 2.75) is 104 Å². The van der Waals surface area contributed by atoms with Crippen molar-refractivity contribution in [3.63, 3.8) is 0 Å². The van der Waals surface area contributed by atoms with Crippen molar-refractivity contribution in [3.8, 4) is 0 Å². The lowest BCUT2D eigenvalue weighted by molar-refractivity contribution is -0.159. The first-order chi connectivity index (χ1) is 13.4. The molecule has 0 aliphatic carbocycles. The van der Waals surface area contributed by atoms with E-state index in [0.29, 0.717) is 6.42 Å². The molecular formula is C23H38O5. The van der Waals surface area contributed by atoms with Crippen LogP contribution in [0.2, 0.25) is 0 Å². The molecule has 0 aromatic rings. The SMILES string of the molecule is C=C(C(=O)CCCCCCCCCCCCCCC(C)C)C(=O)OC(=O)C=O. The first-order valence-electron chi connectivity index (χ1n) is 10.8. The third-order valence-electron chi connectivity index (χ3n) is 4.81. The second-order valence-corrected chi connectivity index (χ2v) is 7.90. The summed E-state index contributed by atoms with van der Waals surface area (Å²) in [5, 5.41) is 0. The van der Waals surface area contributed by atoms with E-state index in [1.165, 1.54) is 64.2 Å². The van der Waals surface area contributed by atoms with Crippen molar-refractivity contribution < 1.29 is 23.9 Å². The molecule has 0 aliphatic rings. The van der Waals surface area contributed by atoms with Crippen LogP contribution in [-0.2, 0) is 23.9 Å². The maximum atomic E-state index is 11.8. The summed E-state index contributed by atoms with van der Waals surface area (Å²) in [5.41, 5.74) is -0.376. The first-order valence-corrected chi connectivity index (χ1v) is 10.8. The number of esters is 2. The molecule has 0 bridgehead atoms. The fourth-order valence-corrected chi connectivity index (χ4v) is 3.05. The van der Waals surface area contributed by atoms with Crippen molar-refractivity contribution in [2.75, 3.05) is 0 Å². The van der Waals surface area contributed by atoms with Gasteiger partial charge in [-0.3, -0.25) is 9.59 Å². The van der Waals surface area contributed by atoms with Crippen molar-refractivity contribution in [1.29, 1.82) is 0 Å². The van der Waals surface area contributed by atoms with Crippen molar-refractivity contribution in [3.05, 3.63) is 12.2 Å². The van der Waals surface area contributed by atoms with Crippen LogP contribution in [0, 0.1) is 5.92 Å². The van der Waals surface area contributed by atoms with Crippen molar-refractivity contribution >= 4 is 24.0 Å². The molecule has 28 heavy (non-hydrogen) atoms. The highest BCUT2D eigenvalue weighted by Crippen LogP contribution is 2.14. The van der Waals surface area contributed by atoms with Gasteiger partial charge >= 0.3 is 11.9 Å². The Hall–Kier alpha value is -1.78. The second kappa shape index (κ2) is 17.3. The van der Waals surface area contributed by atoms with Gasteiger partial charge in [-0.25, -0.2) is 9.59 Å². The Labute approximate surface area is 170 Å². The van der Waals surface area contributed by atoms with Gasteiger partial charge in [0.1, 0.15) is 0 Å². The Morgan fingerprint density at radius 1 is 0.786 bits per heavy atom. The number of ketones is 1. The van der Waals surface area contributed by atoms with Crippen LogP contribution in [0.15, 0.2) is 12.2 Å². The zero-order valence-corrected chi connectivity index (χ0v) is 17.8. The molecule has 5 heteroatoms. The van der Waals surface area contributed by atoms with Crippen LogP contribution >= 0.6 is 0 Å². The van der Waals surface area contributed by atoms with Gasteiger partial charge in [-0.1, -0.05) is 97.5 Å². The minimum atomic E-state index is -1.31. The largest absolute Gasteiger partial charge is 0.384 e. The van der Waals surface area contributed by atoms with Gasteiger partial charge in [-0.05, 0) is 12.3 Å². The molecule has 0 fully saturated rings. The summed E-state index contributed by atoms with van der Waals surface area (Å²) in [6.45, 7) is 7.90. The topological polar surface area (TPSA) is 77.5 Å². The highest BCUT2D eigenvalue weighted by Gasteiger charge is 2.19. The van der Waals surface area contributed by atoms with Gasteiger partial charge in [-0.15, -0.1) is 0 Å². The van der Waals surface area contributed by atoms with E-state index in [-0.39, 0.29) is 18.3 Å². The Balaban J connectivity index is 3.46. The highest BCUT2D eigenvalue weighted by atomic mass is 16.6. The van der Waals surface area contributed by atoms with E-state index in [9.17, 15) is 19.2 Å². The van der Waals surface area contributed by atoms with Gasteiger partial charge < -0.3 is 4.74 Å². The number of aldehydes is 1. The van der Waals surface area contributed by atoms with E-state index >= 15 is 0 Å². The van der Waals surface area contributed by atoms with Crippen LogP contribution in [0.3, 0.4) is 0 Å². The lowest BCUT2D eigenvalue weighted by Gasteiger charge is -2.05. The maximum absolute atomic E-state index is 11.8. The lowest BCUT2D eigenvalue weighted by Crippen LogP contribution is -2.19. The van der Waals surface area contributed by atoms with E-state index in [1.807, 2.05) is 0 Å². The third-order valence-corrected chi connectivity index (χ3v) is 4.81. The molecule has 0 amide bonds. The molecule has 0 radical (unpaired) electrons. The normalized spacial score (nSPS) is 10.7. The van der Waals surface area contributed by atoms with E-state index in [4.69, 9.17) is 0 Å². The Morgan fingerprint density at radius 2 is 1.21 bits per heavy atom. The standard InChI is InChI=1S/C23H38O5/c1-19(2)16-14-12-10-8-6-4-5-7-9-11-13-15-17-21(25)20(3)23(27)28-22(26)18-24/h18-19H,3-17H2,1-2H3. The summed E-state index contributed by atoms with van der Waals surface area (Å²) in [4.78, 5) is 44.0. The quantitative estimate of drug-likeness (QED) is 0.0583. The summed E-state index contributed by atoms with van der Waals surface area (Å²) >= 11 is 0. The van der Waals surface area contributed by atoms with Gasteiger partial charge in [0.15, 0.2) is 5.78 Å². The molecule has 160 valence electrons. The Kier molecular flexibility index (Phi) is 16.2. The summed E-state index contributed by atoms with van der Waals surface area (Å²) in [5.74, 6) is -2.06. The first kappa shape index (κ1) is 26.2. The smallest absolute Gasteiger partial charge is 0.379 e. The molecule has 0 rings (SSSR count). The average Bonchev–Trinajstić information content (AvgIpc) is 2.66. The molecule has 0 spiro atoms. The molecule has 0 aromatic carbocycles. The minimum Gasteiger partial charge on any atom is -0.384 e. The number of ether oxygens (including phenoxy) is 1. The summed E-state index contributed by atoms with van der Waals surface area (Å²) in [7, 11) is 0. The minimum absolute atomic E-state index is 0.121. The van der Waals surface area contributed by atoms with Gasteiger partial charge in [0, 0.05) is 6.42 Å². The van der Waals surface area contributed by atoms with E-state index in [2.05, 4.69) is 25.2 Å². The monoisotopic (exact) mass is 394 g/mol. The number of carbonyl (C=O) groups excluding carboxylic acids is 4. The van der Waals surface area contributed by atoms with Crippen LogP contribution in [0.1, 0.15) is 104 Å². The van der Waals surface area contributed by atoms with Crippen LogP contribution in [0.5, 0.6) is 0 Å². The molecule has 0 heterocycles. The van der Waals surface area contributed by atoms with Crippen LogP contribution in [0.25, 0.3) is 0 Å². The zero-order chi connectivity index (χ0) is 21.2. The molecule has 0 aliphatic heterocycles. The molecule has 0 saturated carbocycles. The van der Waals surface area contributed by atoms with Gasteiger partial charge in [0.2, 0.25) is 6.29 Å². The molecule has 5 nitrogen and oxygen atoms in total.